The first-order chi connectivity index (χ1) is 12.6. The van der Waals surface area contributed by atoms with Crippen molar-refractivity contribution in [3.8, 4) is 11.8 Å². The molecule has 3 aromatic rings. The predicted octanol–water partition coefficient (Wildman–Crippen LogP) is 4.22. The number of methoxy groups -OCH3 is 1. The van der Waals surface area contributed by atoms with Crippen molar-refractivity contribution in [1.29, 1.82) is 5.26 Å². The molecule has 0 atom stereocenters. The van der Waals surface area contributed by atoms with Crippen LogP contribution in [-0.2, 0) is 0 Å². The highest BCUT2D eigenvalue weighted by atomic mass is 32.2. The molecule has 26 heavy (non-hydrogen) atoms. The van der Waals surface area contributed by atoms with E-state index in [0.29, 0.717) is 20.1 Å². The zero-order valence-corrected chi connectivity index (χ0v) is 15.0. The molecule has 0 aliphatic carbocycles. The number of nitro groups is 1. The van der Waals surface area contributed by atoms with E-state index in [1.165, 1.54) is 29.5 Å². The first kappa shape index (κ1) is 17.7. The Morgan fingerprint density at radius 1 is 1.31 bits per heavy atom. The molecule has 0 spiro atoms. The van der Waals surface area contributed by atoms with Gasteiger partial charge in [-0.15, -0.1) is 10.2 Å². The van der Waals surface area contributed by atoms with Gasteiger partial charge in [-0.3, -0.25) is 10.1 Å². The molecule has 0 aliphatic rings. The van der Waals surface area contributed by atoms with Crippen molar-refractivity contribution in [2.75, 3.05) is 12.4 Å². The Hall–Kier alpha value is -3.16. The number of anilines is 2. The van der Waals surface area contributed by atoms with Gasteiger partial charge in [0.1, 0.15) is 5.75 Å². The van der Waals surface area contributed by atoms with Gasteiger partial charge in [0.25, 0.3) is 5.69 Å². The minimum atomic E-state index is -0.514. The van der Waals surface area contributed by atoms with Crippen molar-refractivity contribution in [2.24, 2.45) is 0 Å². The van der Waals surface area contributed by atoms with Crippen LogP contribution in [-0.4, -0.2) is 22.2 Å². The highest BCUT2D eigenvalue weighted by molar-refractivity contribution is 8.01. The maximum Gasteiger partial charge on any atom is 0.284 e. The molecular weight excluding hydrogens is 374 g/mol. The maximum absolute atomic E-state index is 11.2. The van der Waals surface area contributed by atoms with Crippen molar-refractivity contribution in [2.45, 2.75) is 9.24 Å². The van der Waals surface area contributed by atoms with Gasteiger partial charge in [0.15, 0.2) is 4.34 Å². The van der Waals surface area contributed by atoms with Gasteiger partial charge < -0.3 is 10.1 Å². The Morgan fingerprint density at radius 2 is 2.15 bits per heavy atom. The average molecular weight is 385 g/mol. The third kappa shape index (κ3) is 4.08. The molecule has 130 valence electrons. The molecule has 1 N–H and O–H groups in total. The number of nitrogens with one attached hydrogen (secondary N) is 1. The number of nitro benzene ring substituents is 1. The number of hydrogen-bond donors (Lipinski definition) is 1. The summed E-state index contributed by atoms with van der Waals surface area (Å²) in [6.07, 6.45) is 0. The summed E-state index contributed by atoms with van der Waals surface area (Å²) >= 11 is 2.40. The molecule has 0 radical (unpaired) electrons. The van der Waals surface area contributed by atoms with Crippen LogP contribution in [0.5, 0.6) is 5.75 Å². The molecule has 0 amide bonds. The van der Waals surface area contributed by atoms with E-state index < -0.39 is 4.92 Å². The van der Waals surface area contributed by atoms with Crippen molar-refractivity contribution in [3.63, 3.8) is 0 Å². The van der Waals surface area contributed by atoms with E-state index in [0.717, 1.165) is 17.4 Å². The Balaban J connectivity index is 1.78. The number of aromatic nitrogens is 2. The van der Waals surface area contributed by atoms with E-state index in [4.69, 9.17) is 10.00 Å². The Bertz CT molecular complexity index is 1000. The predicted molar refractivity (Wildman–Crippen MR) is 98.1 cm³/mol. The summed E-state index contributed by atoms with van der Waals surface area (Å²) in [6, 6.07) is 13.6. The topological polar surface area (TPSA) is 114 Å². The highest BCUT2D eigenvalue weighted by Gasteiger charge is 2.18. The summed E-state index contributed by atoms with van der Waals surface area (Å²) in [5, 5.41) is 31.9. The van der Waals surface area contributed by atoms with Gasteiger partial charge in [-0.2, -0.15) is 5.26 Å². The number of hydrogen-bond acceptors (Lipinski definition) is 9. The molecule has 2 aromatic carbocycles. The summed E-state index contributed by atoms with van der Waals surface area (Å²) in [5.74, 6) is 0.710. The lowest BCUT2D eigenvalue weighted by atomic mass is 10.2. The maximum atomic E-state index is 11.2. The van der Waals surface area contributed by atoms with E-state index in [1.54, 1.807) is 7.11 Å². The van der Waals surface area contributed by atoms with Crippen molar-refractivity contribution < 1.29 is 9.66 Å². The van der Waals surface area contributed by atoms with Gasteiger partial charge in [0.05, 0.1) is 28.6 Å². The first-order valence-electron chi connectivity index (χ1n) is 7.20. The first-order valence-corrected chi connectivity index (χ1v) is 8.83. The van der Waals surface area contributed by atoms with Crippen molar-refractivity contribution >= 4 is 39.6 Å². The SMILES string of the molecule is COc1cccc(Nc2nnc(Sc3ccc(C#N)cc3[N+](=O)[O-])s2)c1. The molecule has 0 bridgehead atoms. The quantitative estimate of drug-likeness (QED) is 0.495. The van der Waals surface area contributed by atoms with Crippen LogP contribution >= 0.6 is 23.1 Å². The van der Waals surface area contributed by atoms with E-state index in [9.17, 15) is 10.1 Å². The van der Waals surface area contributed by atoms with Gasteiger partial charge in [-0.1, -0.05) is 17.4 Å². The number of rotatable bonds is 6. The molecule has 0 saturated carbocycles. The fourth-order valence-corrected chi connectivity index (χ4v) is 3.85. The lowest BCUT2D eigenvalue weighted by molar-refractivity contribution is -0.387. The Labute approximate surface area is 156 Å². The molecule has 1 heterocycles. The van der Waals surface area contributed by atoms with Gasteiger partial charge >= 0.3 is 0 Å². The zero-order valence-electron chi connectivity index (χ0n) is 13.4. The largest absolute Gasteiger partial charge is 0.497 e. The van der Waals surface area contributed by atoms with Crippen LogP contribution in [0.3, 0.4) is 0 Å². The number of nitrogens with zero attached hydrogens (tertiary/aromatic N) is 4. The van der Waals surface area contributed by atoms with E-state index in [2.05, 4.69) is 15.5 Å². The molecule has 0 fully saturated rings. The van der Waals surface area contributed by atoms with E-state index in [1.807, 2.05) is 30.3 Å². The van der Waals surface area contributed by atoms with Crippen LogP contribution in [0.2, 0.25) is 0 Å². The second kappa shape index (κ2) is 7.81. The van der Waals surface area contributed by atoms with Gasteiger partial charge in [-0.25, -0.2) is 0 Å². The fourth-order valence-electron chi connectivity index (χ4n) is 2.04. The monoisotopic (exact) mass is 385 g/mol. The smallest absolute Gasteiger partial charge is 0.284 e. The van der Waals surface area contributed by atoms with Crippen LogP contribution < -0.4 is 10.1 Å². The molecule has 1 aromatic heterocycles. The molecule has 0 saturated heterocycles. The standard InChI is InChI=1S/C16H11N5O3S2/c1-24-12-4-2-3-11(8-12)18-15-19-20-16(26-15)25-14-6-5-10(9-17)7-13(14)21(22)23/h2-8H,1H3,(H,18,19). The fraction of sp³-hybridized carbons (Fsp3) is 0.0625. The highest BCUT2D eigenvalue weighted by Crippen LogP contribution is 2.38. The molecule has 8 nitrogen and oxygen atoms in total. The third-order valence-corrected chi connectivity index (χ3v) is 5.16. The lowest BCUT2D eigenvalue weighted by Gasteiger charge is -2.04. The molecular formula is C16H11N5O3S2. The second-order valence-electron chi connectivity index (χ2n) is 4.88. The molecule has 0 aliphatic heterocycles. The zero-order chi connectivity index (χ0) is 18.5. The normalized spacial score (nSPS) is 10.2. The molecule has 10 heteroatoms. The van der Waals surface area contributed by atoms with Crippen LogP contribution in [0.15, 0.2) is 51.7 Å². The number of benzene rings is 2. The van der Waals surface area contributed by atoms with E-state index in [-0.39, 0.29) is 11.3 Å². The third-order valence-electron chi connectivity index (χ3n) is 3.21. The summed E-state index contributed by atoms with van der Waals surface area (Å²) in [5.41, 5.74) is 0.895. The van der Waals surface area contributed by atoms with Gasteiger partial charge in [0.2, 0.25) is 5.13 Å². The minimum absolute atomic E-state index is 0.133. The summed E-state index contributed by atoms with van der Waals surface area (Å²) in [7, 11) is 1.59. The van der Waals surface area contributed by atoms with Crippen LogP contribution in [0.4, 0.5) is 16.5 Å². The molecule has 3 rings (SSSR count). The average Bonchev–Trinajstić information content (AvgIpc) is 3.08. The van der Waals surface area contributed by atoms with E-state index >= 15 is 0 Å². The minimum Gasteiger partial charge on any atom is -0.497 e. The van der Waals surface area contributed by atoms with Crippen LogP contribution in [0.25, 0.3) is 0 Å². The van der Waals surface area contributed by atoms with Crippen LogP contribution in [0, 0.1) is 21.4 Å². The number of nitriles is 1. The van der Waals surface area contributed by atoms with Crippen molar-refractivity contribution in [3.05, 3.63) is 58.1 Å². The Kier molecular flexibility index (Phi) is 5.31. The van der Waals surface area contributed by atoms with Gasteiger partial charge in [0, 0.05) is 17.8 Å². The van der Waals surface area contributed by atoms with Crippen LogP contribution in [0.1, 0.15) is 5.56 Å². The Morgan fingerprint density at radius 3 is 2.88 bits per heavy atom. The van der Waals surface area contributed by atoms with Crippen molar-refractivity contribution in [1.82, 2.24) is 10.2 Å². The second-order valence-corrected chi connectivity index (χ2v) is 7.15. The molecule has 0 unspecified atom stereocenters. The summed E-state index contributed by atoms with van der Waals surface area (Å²) in [4.78, 5) is 11.1. The summed E-state index contributed by atoms with van der Waals surface area (Å²) < 4.78 is 5.71. The lowest BCUT2D eigenvalue weighted by Crippen LogP contribution is -1.91. The summed E-state index contributed by atoms with van der Waals surface area (Å²) in [6.45, 7) is 0. The van der Waals surface area contributed by atoms with Gasteiger partial charge in [-0.05, 0) is 36.0 Å². The number of ether oxygens (including phenoxy) is 1.